The molecular formula is C23H32N4O3S2. The van der Waals surface area contributed by atoms with Crippen LogP contribution in [0.25, 0.3) is 0 Å². The van der Waals surface area contributed by atoms with Crippen LogP contribution >= 0.6 is 11.3 Å². The summed E-state index contributed by atoms with van der Waals surface area (Å²) >= 11 is 1.21. The molecule has 32 heavy (non-hydrogen) atoms. The lowest BCUT2D eigenvalue weighted by atomic mass is 10.0. The third-order valence-electron chi connectivity index (χ3n) is 5.10. The van der Waals surface area contributed by atoms with E-state index in [2.05, 4.69) is 41.8 Å². The molecule has 0 saturated carbocycles. The van der Waals surface area contributed by atoms with Gasteiger partial charge in [0.1, 0.15) is 0 Å². The summed E-state index contributed by atoms with van der Waals surface area (Å²) in [6, 6.07) is 12.8. The van der Waals surface area contributed by atoms with E-state index in [0.717, 1.165) is 25.1 Å². The van der Waals surface area contributed by atoms with E-state index >= 15 is 0 Å². The number of aromatic nitrogens is 1. The van der Waals surface area contributed by atoms with E-state index in [1.807, 2.05) is 0 Å². The Bertz CT molecular complexity index is 1160. The second kappa shape index (κ2) is 10.7. The number of rotatable bonds is 6. The Balaban J connectivity index is 0.000000382. The average Bonchev–Trinajstić information content (AvgIpc) is 3.43. The molecule has 4 rings (SSSR count). The maximum absolute atomic E-state index is 12.2. The second-order valence-electron chi connectivity index (χ2n) is 7.55. The van der Waals surface area contributed by atoms with Crippen molar-refractivity contribution in [2.45, 2.75) is 38.0 Å². The molecule has 2 heterocycles. The number of carbonyl (C=O) groups excluding carboxylic acids is 1. The smallest absolute Gasteiger partial charge is 0.263 e. The van der Waals surface area contributed by atoms with Crippen molar-refractivity contribution in [1.29, 1.82) is 0 Å². The number of hydrogen-bond acceptors (Lipinski definition) is 6. The molecule has 3 aromatic rings. The Morgan fingerprint density at radius 1 is 1.19 bits per heavy atom. The minimum Gasteiger partial charge on any atom is -0.330 e. The van der Waals surface area contributed by atoms with Crippen LogP contribution in [0.15, 0.2) is 58.9 Å². The van der Waals surface area contributed by atoms with E-state index in [9.17, 15) is 13.2 Å². The van der Waals surface area contributed by atoms with Crippen LogP contribution in [-0.2, 0) is 21.2 Å². The number of thiazole rings is 1. The summed E-state index contributed by atoms with van der Waals surface area (Å²) in [5.41, 5.74) is 10.3. The molecule has 2 aromatic carbocycles. The fraction of sp³-hybridized carbons (Fsp3) is 0.304. The molecule has 7 nitrogen and oxygen atoms in total. The molecule has 1 amide bonds. The van der Waals surface area contributed by atoms with Crippen LogP contribution in [0.4, 0.5) is 10.8 Å². The number of carbonyl (C=O) groups is 1. The van der Waals surface area contributed by atoms with E-state index in [1.54, 1.807) is 22.4 Å². The largest absolute Gasteiger partial charge is 0.330 e. The van der Waals surface area contributed by atoms with Crippen LogP contribution in [-0.4, -0.2) is 32.4 Å². The molecule has 1 aromatic heterocycles. The van der Waals surface area contributed by atoms with Crippen molar-refractivity contribution in [1.82, 2.24) is 4.98 Å². The number of nitrogens with two attached hydrogens (primary N) is 1. The van der Waals surface area contributed by atoms with Crippen LogP contribution < -0.4 is 15.4 Å². The van der Waals surface area contributed by atoms with Gasteiger partial charge in [-0.3, -0.25) is 9.52 Å². The Morgan fingerprint density at radius 3 is 2.53 bits per heavy atom. The second-order valence-corrected chi connectivity index (χ2v) is 10.1. The lowest BCUT2D eigenvalue weighted by molar-refractivity contribution is -0.117. The van der Waals surface area contributed by atoms with Gasteiger partial charge in [0.2, 0.25) is 5.91 Å². The quantitative estimate of drug-likeness (QED) is 0.550. The highest BCUT2D eigenvalue weighted by Gasteiger charge is 2.22. The number of aryl methyl sites for hydroxylation is 2. The van der Waals surface area contributed by atoms with Crippen LogP contribution in [0.2, 0.25) is 0 Å². The molecule has 0 unspecified atom stereocenters. The molecule has 1 aliphatic rings. The first-order chi connectivity index (χ1) is 15.3. The maximum atomic E-state index is 12.2. The highest BCUT2D eigenvalue weighted by molar-refractivity contribution is 7.93. The molecule has 174 valence electrons. The number of hydrogen-bond donors (Lipinski definition) is 2. The molecule has 0 spiro atoms. The topological polar surface area (TPSA) is 105 Å². The van der Waals surface area contributed by atoms with Crippen molar-refractivity contribution in [3.05, 3.63) is 70.7 Å². The average molecular weight is 477 g/mol. The van der Waals surface area contributed by atoms with Crippen molar-refractivity contribution in [2.24, 2.45) is 5.73 Å². The Hall–Kier alpha value is -2.75. The zero-order chi connectivity index (χ0) is 23.1. The van der Waals surface area contributed by atoms with Crippen LogP contribution in [0.1, 0.15) is 32.4 Å². The zero-order valence-electron chi connectivity index (χ0n) is 18.2. The molecule has 1 aliphatic heterocycles. The molecule has 0 atom stereocenters. The monoisotopic (exact) mass is 476 g/mol. The number of amides is 1. The standard InChI is InChI=1S/C13H13N3O3S2.C10H15N.2H2/c17-12-2-1-8-16(12)10-3-5-11(6-4-10)21(18,19)15-13-14-7-9-20-13;1-8-3-4-9(2)10(7-8)5-6-11;;/h3-7,9H,1-2,8H2,(H,14,15);3-4,7H,5-6,11H2,1-2H3;2*1H. The van der Waals surface area contributed by atoms with Gasteiger partial charge in [0.15, 0.2) is 5.13 Å². The molecule has 0 aliphatic carbocycles. The molecule has 0 bridgehead atoms. The fourth-order valence-electron chi connectivity index (χ4n) is 3.40. The summed E-state index contributed by atoms with van der Waals surface area (Å²) in [7, 11) is -3.64. The van der Waals surface area contributed by atoms with Gasteiger partial charge in [-0.25, -0.2) is 13.4 Å². The Kier molecular flexibility index (Phi) is 8.00. The summed E-state index contributed by atoms with van der Waals surface area (Å²) in [4.78, 5) is 17.4. The Morgan fingerprint density at radius 2 is 1.94 bits per heavy atom. The summed E-state index contributed by atoms with van der Waals surface area (Å²) in [5.74, 6) is 0.0755. The van der Waals surface area contributed by atoms with Crippen LogP contribution in [0, 0.1) is 13.8 Å². The van der Waals surface area contributed by atoms with E-state index in [4.69, 9.17) is 5.73 Å². The van der Waals surface area contributed by atoms with Gasteiger partial charge >= 0.3 is 0 Å². The van der Waals surface area contributed by atoms with Gasteiger partial charge in [-0.15, -0.1) is 11.3 Å². The van der Waals surface area contributed by atoms with Crippen molar-refractivity contribution in [3.8, 4) is 0 Å². The highest BCUT2D eigenvalue weighted by atomic mass is 32.2. The van der Waals surface area contributed by atoms with Gasteiger partial charge in [0.05, 0.1) is 4.90 Å². The van der Waals surface area contributed by atoms with Gasteiger partial charge in [-0.05, 0) is 68.6 Å². The first-order valence-corrected chi connectivity index (χ1v) is 12.8. The molecule has 1 fully saturated rings. The Labute approximate surface area is 196 Å². The predicted octanol–water partition coefficient (Wildman–Crippen LogP) is 4.37. The van der Waals surface area contributed by atoms with Gasteiger partial charge in [-0.1, -0.05) is 23.8 Å². The number of nitrogens with one attached hydrogen (secondary N) is 1. The van der Waals surface area contributed by atoms with E-state index in [-0.39, 0.29) is 13.7 Å². The molecule has 3 N–H and O–H groups in total. The molecule has 1 saturated heterocycles. The summed E-state index contributed by atoms with van der Waals surface area (Å²) in [6.45, 7) is 5.66. The van der Waals surface area contributed by atoms with Gasteiger partial charge in [-0.2, -0.15) is 0 Å². The SMILES string of the molecule is Cc1ccc(C)c(CCN)c1.O=C1CCCN1c1ccc(S(=O)(=O)Nc2nccs2)cc1.[HH].[HH]. The van der Waals surface area contributed by atoms with Crippen LogP contribution in [0.3, 0.4) is 0 Å². The first kappa shape index (κ1) is 23.9. The number of benzene rings is 2. The number of sulfonamides is 1. The minimum atomic E-state index is -3.64. The zero-order valence-corrected chi connectivity index (χ0v) is 19.9. The summed E-state index contributed by atoms with van der Waals surface area (Å²) < 4.78 is 26.8. The molecule has 0 radical (unpaired) electrons. The number of nitrogens with zero attached hydrogens (tertiary/aromatic N) is 2. The number of anilines is 2. The highest BCUT2D eigenvalue weighted by Crippen LogP contribution is 2.24. The summed E-state index contributed by atoms with van der Waals surface area (Å²) in [6.07, 6.45) is 3.91. The third kappa shape index (κ3) is 6.15. The van der Waals surface area contributed by atoms with Gasteiger partial charge in [0, 0.05) is 33.1 Å². The maximum Gasteiger partial charge on any atom is 0.263 e. The van der Waals surface area contributed by atoms with E-state index < -0.39 is 10.0 Å². The summed E-state index contributed by atoms with van der Waals surface area (Å²) in [5, 5.41) is 2.02. The van der Waals surface area contributed by atoms with Crippen molar-refractivity contribution in [2.75, 3.05) is 22.7 Å². The van der Waals surface area contributed by atoms with Crippen molar-refractivity contribution < 1.29 is 16.1 Å². The van der Waals surface area contributed by atoms with Gasteiger partial charge in [0.25, 0.3) is 10.0 Å². The van der Waals surface area contributed by atoms with E-state index in [0.29, 0.717) is 18.1 Å². The minimum absolute atomic E-state index is 0. The molecule has 9 heteroatoms. The third-order valence-corrected chi connectivity index (χ3v) is 7.28. The fourth-order valence-corrected chi connectivity index (χ4v) is 5.19. The van der Waals surface area contributed by atoms with Crippen molar-refractivity contribution in [3.63, 3.8) is 0 Å². The lowest BCUT2D eigenvalue weighted by Gasteiger charge is -2.16. The normalized spacial score (nSPS) is 13.6. The van der Waals surface area contributed by atoms with Gasteiger partial charge < -0.3 is 10.6 Å². The first-order valence-electron chi connectivity index (χ1n) is 10.4. The predicted molar refractivity (Wildman–Crippen MR) is 134 cm³/mol. The lowest BCUT2D eigenvalue weighted by Crippen LogP contribution is -2.23. The van der Waals surface area contributed by atoms with Crippen molar-refractivity contribution >= 4 is 38.1 Å². The molecular weight excluding hydrogens is 444 g/mol. The van der Waals surface area contributed by atoms with Crippen LogP contribution in [0.5, 0.6) is 0 Å². The van der Waals surface area contributed by atoms with E-state index in [1.165, 1.54) is 46.4 Å².